The highest BCUT2D eigenvalue weighted by Gasteiger charge is 2.10. The molecule has 0 fully saturated rings. The Labute approximate surface area is 119 Å². The summed E-state index contributed by atoms with van der Waals surface area (Å²) in [5.41, 5.74) is 0.848. The largest absolute Gasteiger partial charge is 0.459 e. The number of nitrogens with one attached hydrogen (secondary N) is 2. The monoisotopic (exact) mass is 291 g/mol. The van der Waals surface area contributed by atoms with E-state index in [2.05, 4.69) is 25.6 Å². The highest BCUT2D eigenvalue weighted by Crippen LogP contribution is 2.17. The van der Waals surface area contributed by atoms with Crippen molar-refractivity contribution in [3.05, 3.63) is 47.8 Å². The minimum Gasteiger partial charge on any atom is -0.459 e. The van der Waals surface area contributed by atoms with Gasteiger partial charge in [0.15, 0.2) is 0 Å². The molecule has 0 radical (unpaired) electrons. The number of nitrogens with zero attached hydrogens (tertiary/aromatic N) is 3. The van der Waals surface area contributed by atoms with Crippen LogP contribution in [0.5, 0.6) is 0 Å². The van der Waals surface area contributed by atoms with Crippen molar-refractivity contribution in [1.29, 1.82) is 0 Å². The summed E-state index contributed by atoms with van der Waals surface area (Å²) < 4.78 is 10.0. The standard InChI is InChI=1S/C12H10ClN5O2/c13-10-16-11(14-8-4-2-1-3-5-8)18-12(17-10)15-9-6-19-7-20-9/h1-6H,7H2,(H2,14,15,16,17,18). The number of aromatic nitrogens is 3. The molecule has 1 aliphatic heterocycles. The van der Waals surface area contributed by atoms with Crippen molar-refractivity contribution >= 4 is 29.2 Å². The highest BCUT2D eigenvalue weighted by atomic mass is 35.5. The predicted molar refractivity (Wildman–Crippen MR) is 73.3 cm³/mol. The number of anilines is 3. The maximum atomic E-state index is 5.87. The minimum absolute atomic E-state index is 0.0699. The fourth-order valence-corrected chi connectivity index (χ4v) is 1.69. The zero-order valence-electron chi connectivity index (χ0n) is 10.2. The van der Waals surface area contributed by atoms with E-state index in [9.17, 15) is 0 Å². The summed E-state index contributed by atoms with van der Waals surface area (Å²) in [4.78, 5) is 12.1. The summed E-state index contributed by atoms with van der Waals surface area (Å²) in [6.45, 7) is 0.163. The molecule has 0 atom stereocenters. The van der Waals surface area contributed by atoms with Gasteiger partial charge in [0.25, 0.3) is 0 Å². The van der Waals surface area contributed by atoms with Crippen molar-refractivity contribution in [2.75, 3.05) is 17.4 Å². The molecule has 1 aromatic carbocycles. The van der Waals surface area contributed by atoms with Crippen LogP contribution in [0.15, 0.2) is 42.5 Å². The molecular weight excluding hydrogens is 282 g/mol. The SMILES string of the molecule is Clc1nc(NC2=COCO2)nc(Nc2ccccc2)n1. The molecule has 0 bridgehead atoms. The summed E-state index contributed by atoms with van der Waals surface area (Å²) >= 11 is 5.87. The lowest BCUT2D eigenvalue weighted by molar-refractivity contribution is 0.0822. The van der Waals surface area contributed by atoms with E-state index in [-0.39, 0.29) is 18.0 Å². The van der Waals surface area contributed by atoms with E-state index < -0.39 is 0 Å². The van der Waals surface area contributed by atoms with Crippen LogP contribution in [0.1, 0.15) is 0 Å². The number of benzene rings is 1. The number of hydrogen-bond acceptors (Lipinski definition) is 7. The highest BCUT2D eigenvalue weighted by molar-refractivity contribution is 6.28. The number of rotatable bonds is 4. The molecule has 7 nitrogen and oxygen atoms in total. The van der Waals surface area contributed by atoms with Gasteiger partial charge in [-0.15, -0.1) is 0 Å². The fourth-order valence-electron chi connectivity index (χ4n) is 1.53. The third-order valence-corrected chi connectivity index (χ3v) is 2.51. The van der Waals surface area contributed by atoms with Gasteiger partial charge in [0.1, 0.15) is 6.26 Å². The summed E-state index contributed by atoms with van der Waals surface area (Å²) in [6, 6.07) is 9.50. The van der Waals surface area contributed by atoms with Crippen LogP contribution in [-0.2, 0) is 9.47 Å². The third-order valence-electron chi connectivity index (χ3n) is 2.35. The summed E-state index contributed by atoms with van der Waals surface area (Å²) in [6.07, 6.45) is 1.43. The van der Waals surface area contributed by atoms with Crippen LogP contribution in [0.4, 0.5) is 17.6 Å². The van der Waals surface area contributed by atoms with E-state index in [1.807, 2.05) is 30.3 Å². The first kappa shape index (κ1) is 12.5. The van der Waals surface area contributed by atoms with Crippen LogP contribution in [0.3, 0.4) is 0 Å². The molecule has 0 spiro atoms. The molecule has 20 heavy (non-hydrogen) atoms. The molecule has 2 heterocycles. The normalized spacial score (nSPS) is 13.2. The number of halogens is 1. The van der Waals surface area contributed by atoms with Crippen LogP contribution in [0, 0.1) is 0 Å². The van der Waals surface area contributed by atoms with Crippen LogP contribution in [0.2, 0.25) is 5.28 Å². The van der Waals surface area contributed by atoms with E-state index in [1.165, 1.54) is 6.26 Å². The van der Waals surface area contributed by atoms with Gasteiger partial charge >= 0.3 is 0 Å². The van der Waals surface area contributed by atoms with Crippen molar-refractivity contribution in [3.8, 4) is 0 Å². The summed E-state index contributed by atoms with van der Waals surface area (Å²) in [7, 11) is 0. The summed E-state index contributed by atoms with van der Waals surface area (Å²) in [5, 5.41) is 5.94. The van der Waals surface area contributed by atoms with E-state index >= 15 is 0 Å². The fraction of sp³-hybridized carbons (Fsp3) is 0.0833. The zero-order valence-corrected chi connectivity index (χ0v) is 11.0. The smallest absolute Gasteiger partial charge is 0.235 e. The van der Waals surface area contributed by atoms with Crippen molar-refractivity contribution < 1.29 is 9.47 Å². The van der Waals surface area contributed by atoms with Gasteiger partial charge in [-0.1, -0.05) is 18.2 Å². The van der Waals surface area contributed by atoms with Gasteiger partial charge in [-0.2, -0.15) is 15.0 Å². The maximum absolute atomic E-state index is 5.87. The van der Waals surface area contributed by atoms with Gasteiger partial charge in [-0.25, -0.2) is 0 Å². The average molecular weight is 292 g/mol. The predicted octanol–water partition coefficient (Wildman–Crippen LogP) is 2.48. The molecule has 102 valence electrons. The molecule has 8 heteroatoms. The maximum Gasteiger partial charge on any atom is 0.235 e. The first-order chi connectivity index (χ1) is 9.79. The molecular formula is C12H10ClN5O2. The Morgan fingerprint density at radius 2 is 1.75 bits per heavy atom. The van der Waals surface area contributed by atoms with Crippen molar-refractivity contribution in [1.82, 2.24) is 15.0 Å². The lowest BCUT2D eigenvalue weighted by atomic mass is 10.3. The van der Waals surface area contributed by atoms with Crippen molar-refractivity contribution in [3.63, 3.8) is 0 Å². The number of ether oxygens (including phenoxy) is 2. The van der Waals surface area contributed by atoms with Gasteiger partial charge in [0.2, 0.25) is 29.9 Å². The lowest BCUT2D eigenvalue weighted by Gasteiger charge is -2.07. The Kier molecular flexibility index (Phi) is 3.51. The van der Waals surface area contributed by atoms with E-state index in [0.29, 0.717) is 11.8 Å². The Hall–Kier alpha value is -2.54. The van der Waals surface area contributed by atoms with Crippen molar-refractivity contribution in [2.45, 2.75) is 0 Å². The second kappa shape index (κ2) is 5.62. The number of hydrogen-bond donors (Lipinski definition) is 2. The quantitative estimate of drug-likeness (QED) is 0.895. The molecule has 0 saturated heterocycles. The second-order valence-electron chi connectivity index (χ2n) is 3.78. The van der Waals surface area contributed by atoms with Crippen LogP contribution < -0.4 is 10.6 Å². The Morgan fingerprint density at radius 3 is 2.45 bits per heavy atom. The minimum atomic E-state index is 0.0699. The average Bonchev–Trinajstić information content (AvgIpc) is 2.92. The Bertz CT molecular complexity index is 635. The molecule has 2 N–H and O–H groups in total. The number of para-hydroxylation sites is 1. The molecule has 1 aromatic heterocycles. The van der Waals surface area contributed by atoms with E-state index in [0.717, 1.165) is 5.69 Å². The van der Waals surface area contributed by atoms with Gasteiger partial charge < -0.3 is 14.8 Å². The molecule has 1 aliphatic rings. The first-order valence-corrected chi connectivity index (χ1v) is 6.13. The first-order valence-electron chi connectivity index (χ1n) is 5.75. The topological polar surface area (TPSA) is 81.2 Å². The Balaban J connectivity index is 1.79. The van der Waals surface area contributed by atoms with Crippen LogP contribution in [-0.4, -0.2) is 21.7 Å². The van der Waals surface area contributed by atoms with E-state index in [1.54, 1.807) is 0 Å². The van der Waals surface area contributed by atoms with Crippen LogP contribution >= 0.6 is 11.6 Å². The molecule has 3 rings (SSSR count). The second-order valence-corrected chi connectivity index (χ2v) is 4.12. The molecule has 0 saturated carbocycles. The third kappa shape index (κ3) is 3.07. The van der Waals surface area contributed by atoms with E-state index in [4.69, 9.17) is 21.1 Å². The molecule has 0 amide bonds. The van der Waals surface area contributed by atoms with Gasteiger partial charge in [0.05, 0.1) is 0 Å². The van der Waals surface area contributed by atoms with Crippen molar-refractivity contribution in [2.24, 2.45) is 0 Å². The molecule has 2 aromatic rings. The van der Waals surface area contributed by atoms with Crippen LogP contribution in [0.25, 0.3) is 0 Å². The van der Waals surface area contributed by atoms with Gasteiger partial charge in [-0.3, -0.25) is 5.32 Å². The lowest BCUT2D eigenvalue weighted by Crippen LogP contribution is -2.07. The Morgan fingerprint density at radius 1 is 1.00 bits per heavy atom. The molecule has 0 aliphatic carbocycles. The summed E-state index contributed by atoms with van der Waals surface area (Å²) in [5.74, 6) is 1.01. The molecule has 0 unspecified atom stereocenters. The van der Waals surface area contributed by atoms with Gasteiger partial charge in [-0.05, 0) is 23.7 Å². The van der Waals surface area contributed by atoms with Gasteiger partial charge in [0, 0.05) is 5.69 Å². The zero-order chi connectivity index (χ0) is 13.8.